The lowest BCUT2D eigenvalue weighted by Crippen LogP contribution is -2.09. The second-order valence-electron chi connectivity index (χ2n) is 3.85. The molecule has 0 N–H and O–H groups in total. The minimum atomic E-state index is -4.58. The number of benzene rings is 1. The zero-order valence-corrected chi connectivity index (χ0v) is 9.68. The van der Waals surface area contributed by atoms with E-state index in [4.69, 9.17) is 0 Å². The fourth-order valence-electron chi connectivity index (χ4n) is 1.68. The molecule has 2 aromatic rings. The van der Waals surface area contributed by atoms with Gasteiger partial charge >= 0.3 is 6.18 Å². The standard InChI is InChI=1S/C11H8F3N3O2/c1-7-6-16(15-10(7)11(12,13)14)8-4-2-3-5-9(8)17(18)19/h2-6H,1H3. The number of nitro benzene ring substituents is 1. The topological polar surface area (TPSA) is 61.0 Å². The van der Waals surface area contributed by atoms with E-state index < -0.39 is 16.8 Å². The number of nitro groups is 1. The summed E-state index contributed by atoms with van der Waals surface area (Å²) in [5.74, 6) is 0. The van der Waals surface area contributed by atoms with Gasteiger partial charge < -0.3 is 0 Å². The van der Waals surface area contributed by atoms with Crippen molar-refractivity contribution < 1.29 is 18.1 Å². The van der Waals surface area contributed by atoms with Crippen molar-refractivity contribution in [3.05, 3.63) is 51.8 Å². The highest BCUT2D eigenvalue weighted by Crippen LogP contribution is 2.32. The number of para-hydroxylation sites is 2. The van der Waals surface area contributed by atoms with E-state index in [0.29, 0.717) is 0 Å². The fourth-order valence-corrected chi connectivity index (χ4v) is 1.68. The maximum atomic E-state index is 12.6. The van der Waals surface area contributed by atoms with Gasteiger partial charge in [-0.25, -0.2) is 4.68 Å². The summed E-state index contributed by atoms with van der Waals surface area (Å²) in [6, 6.07) is 5.47. The first-order valence-electron chi connectivity index (χ1n) is 5.18. The molecule has 0 bridgehead atoms. The van der Waals surface area contributed by atoms with Crippen LogP contribution in [0.4, 0.5) is 18.9 Å². The molecule has 0 aliphatic rings. The normalized spacial score (nSPS) is 11.6. The van der Waals surface area contributed by atoms with Crippen LogP contribution in [0.2, 0.25) is 0 Å². The van der Waals surface area contributed by atoms with Crippen LogP contribution in [0.5, 0.6) is 0 Å². The zero-order chi connectivity index (χ0) is 14.2. The molecular formula is C11H8F3N3O2. The number of hydrogen-bond acceptors (Lipinski definition) is 3. The number of rotatable bonds is 2. The lowest BCUT2D eigenvalue weighted by Gasteiger charge is -2.03. The summed E-state index contributed by atoms with van der Waals surface area (Å²) < 4.78 is 38.8. The molecule has 100 valence electrons. The lowest BCUT2D eigenvalue weighted by molar-refractivity contribution is -0.384. The van der Waals surface area contributed by atoms with Gasteiger partial charge in [0.05, 0.1) is 4.92 Å². The van der Waals surface area contributed by atoms with E-state index >= 15 is 0 Å². The van der Waals surface area contributed by atoms with Gasteiger partial charge in [-0.1, -0.05) is 12.1 Å². The van der Waals surface area contributed by atoms with E-state index in [1.807, 2.05) is 0 Å². The van der Waals surface area contributed by atoms with Gasteiger partial charge in [0.1, 0.15) is 5.69 Å². The van der Waals surface area contributed by atoms with Crippen molar-refractivity contribution in [2.75, 3.05) is 0 Å². The molecule has 0 radical (unpaired) electrons. The predicted molar refractivity (Wildman–Crippen MR) is 60.0 cm³/mol. The van der Waals surface area contributed by atoms with E-state index in [0.717, 1.165) is 10.9 Å². The minimum Gasteiger partial charge on any atom is -0.258 e. The van der Waals surface area contributed by atoms with E-state index in [9.17, 15) is 23.3 Å². The second-order valence-corrected chi connectivity index (χ2v) is 3.85. The first-order chi connectivity index (χ1) is 8.80. The van der Waals surface area contributed by atoms with Gasteiger partial charge in [0.15, 0.2) is 5.69 Å². The van der Waals surface area contributed by atoms with Gasteiger partial charge in [0.25, 0.3) is 5.69 Å². The minimum absolute atomic E-state index is 0.00824. The fraction of sp³-hybridized carbons (Fsp3) is 0.182. The quantitative estimate of drug-likeness (QED) is 0.622. The largest absolute Gasteiger partial charge is 0.435 e. The summed E-state index contributed by atoms with van der Waals surface area (Å²) in [4.78, 5) is 10.2. The molecule has 19 heavy (non-hydrogen) atoms. The Balaban J connectivity index is 2.58. The Morgan fingerprint density at radius 3 is 2.47 bits per heavy atom. The molecule has 1 heterocycles. The van der Waals surface area contributed by atoms with Gasteiger partial charge in [0, 0.05) is 12.3 Å². The van der Waals surface area contributed by atoms with Crippen molar-refractivity contribution in [1.82, 2.24) is 9.78 Å². The summed E-state index contributed by atoms with van der Waals surface area (Å²) in [6.45, 7) is 1.25. The number of aromatic nitrogens is 2. The number of alkyl halides is 3. The highest BCUT2D eigenvalue weighted by atomic mass is 19.4. The molecular weight excluding hydrogens is 263 g/mol. The monoisotopic (exact) mass is 271 g/mol. The van der Waals surface area contributed by atoms with Gasteiger partial charge in [-0.3, -0.25) is 10.1 Å². The van der Waals surface area contributed by atoms with Crippen LogP contribution in [0.3, 0.4) is 0 Å². The number of aryl methyl sites for hydroxylation is 1. The van der Waals surface area contributed by atoms with Crippen LogP contribution in [0, 0.1) is 17.0 Å². The molecule has 0 aliphatic heterocycles. The van der Waals surface area contributed by atoms with Crippen LogP contribution in [0.15, 0.2) is 30.5 Å². The van der Waals surface area contributed by atoms with Gasteiger partial charge in [-0.15, -0.1) is 0 Å². The maximum Gasteiger partial charge on any atom is 0.435 e. The predicted octanol–water partition coefficient (Wildman–Crippen LogP) is 3.11. The molecule has 0 saturated heterocycles. The molecule has 0 atom stereocenters. The van der Waals surface area contributed by atoms with Crippen molar-refractivity contribution >= 4 is 5.69 Å². The van der Waals surface area contributed by atoms with Crippen molar-refractivity contribution in [3.8, 4) is 5.69 Å². The molecule has 1 aromatic carbocycles. The van der Waals surface area contributed by atoms with Crippen LogP contribution in [-0.4, -0.2) is 14.7 Å². The van der Waals surface area contributed by atoms with Crippen molar-refractivity contribution in [1.29, 1.82) is 0 Å². The molecule has 5 nitrogen and oxygen atoms in total. The first-order valence-corrected chi connectivity index (χ1v) is 5.18. The Morgan fingerprint density at radius 1 is 1.32 bits per heavy atom. The molecule has 0 aliphatic carbocycles. The number of nitrogens with zero attached hydrogens (tertiary/aromatic N) is 3. The third kappa shape index (κ3) is 2.42. The molecule has 0 saturated carbocycles. The van der Waals surface area contributed by atoms with E-state index in [2.05, 4.69) is 5.10 Å². The van der Waals surface area contributed by atoms with Crippen molar-refractivity contribution in [2.45, 2.75) is 13.1 Å². The highest BCUT2D eigenvalue weighted by Gasteiger charge is 2.36. The smallest absolute Gasteiger partial charge is 0.258 e. The van der Waals surface area contributed by atoms with Crippen LogP contribution in [-0.2, 0) is 6.18 Å². The molecule has 1 aromatic heterocycles. The average molecular weight is 271 g/mol. The van der Waals surface area contributed by atoms with E-state index in [1.165, 1.54) is 31.2 Å². The van der Waals surface area contributed by atoms with Crippen LogP contribution < -0.4 is 0 Å². The first kappa shape index (κ1) is 13.1. The highest BCUT2D eigenvalue weighted by molar-refractivity contribution is 5.52. The summed E-state index contributed by atoms with van der Waals surface area (Å²) >= 11 is 0. The molecule has 0 unspecified atom stereocenters. The Kier molecular flexibility index (Phi) is 3.01. The Labute approximate surface area is 105 Å². The molecule has 0 amide bonds. The third-order valence-corrected chi connectivity index (χ3v) is 2.49. The maximum absolute atomic E-state index is 12.6. The van der Waals surface area contributed by atoms with Gasteiger partial charge in [0.2, 0.25) is 0 Å². The van der Waals surface area contributed by atoms with Crippen molar-refractivity contribution in [2.24, 2.45) is 0 Å². The summed E-state index contributed by atoms with van der Waals surface area (Å²) in [6.07, 6.45) is -3.47. The molecule has 2 rings (SSSR count). The molecule has 8 heteroatoms. The molecule has 0 spiro atoms. The number of hydrogen-bond donors (Lipinski definition) is 0. The number of halogens is 3. The summed E-state index contributed by atoms with van der Waals surface area (Å²) in [5.41, 5.74) is -1.46. The van der Waals surface area contributed by atoms with E-state index in [1.54, 1.807) is 0 Å². The summed E-state index contributed by atoms with van der Waals surface area (Å²) in [7, 11) is 0. The Hall–Kier alpha value is -2.38. The SMILES string of the molecule is Cc1cn(-c2ccccc2[N+](=O)[O-])nc1C(F)(F)F. The lowest BCUT2D eigenvalue weighted by atomic mass is 10.2. The van der Waals surface area contributed by atoms with Crippen LogP contribution in [0.1, 0.15) is 11.3 Å². The second kappa shape index (κ2) is 4.38. The average Bonchev–Trinajstić information content (AvgIpc) is 2.71. The zero-order valence-electron chi connectivity index (χ0n) is 9.68. The third-order valence-electron chi connectivity index (χ3n) is 2.49. The van der Waals surface area contributed by atoms with Crippen LogP contribution in [0.25, 0.3) is 5.69 Å². The Bertz CT molecular complexity index is 634. The Morgan fingerprint density at radius 2 is 1.95 bits per heavy atom. The van der Waals surface area contributed by atoms with E-state index in [-0.39, 0.29) is 16.9 Å². The molecule has 0 fully saturated rings. The van der Waals surface area contributed by atoms with Crippen molar-refractivity contribution in [3.63, 3.8) is 0 Å². The van der Waals surface area contributed by atoms with Gasteiger partial charge in [-0.05, 0) is 18.6 Å². The van der Waals surface area contributed by atoms with Gasteiger partial charge in [-0.2, -0.15) is 18.3 Å². The van der Waals surface area contributed by atoms with Crippen LogP contribution >= 0.6 is 0 Å². The summed E-state index contributed by atoms with van der Waals surface area (Å²) in [5, 5.41) is 14.2.